The zero-order valence-electron chi connectivity index (χ0n) is 22.6. The molecule has 0 atom stereocenters. The van der Waals surface area contributed by atoms with E-state index < -0.39 is 11.7 Å². The molecule has 3 N–H and O–H groups in total. The first-order chi connectivity index (χ1) is 20.4. The maximum Gasteiger partial charge on any atom is 0.254 e. The van der Waals surface area contributed by atoms with Gasteiger partial charge in [-0.3, -0.25) is 14.9 Å². The standard InChI is InChI=1S/C32H28FN5O4/c33-25-15-22(10-13-28(25)42-31-24(30(34)40)7-4-14-35-31)16-29(39)37-32-36-26-12-11-23(41-19-21-5-2-1-3-6-21)17-27(26)38(32)18-20-8-9-20/h1-7,10-15,17,20H,8-9,16,18-19H2,(H2,34,40)(H,36,37,39). The van der Waals surface area contributed by atoms with Crippen LogP contribution in [-0.2, 0) is 24.4 Å². The first kappa shape index (κ1) is 26.9. The number of nitrogens with zero attached hydrogens (tertiary/aromatic N) is 3. The van der Waals surface area contributed by atoms with Crippen molar-refractivity contribution in [2.75, 3.05) is 5.32 Å². The maximum absolute atomic E-state index is 14.9. The summed E-state index contributed by atoms with van der Waals surface area (Å²) in [7, 11) is 0. The maximum atomic E-state index is 14.9. The molecule has 212 valence electrons. The number of ether oxygens (including phenoxy) is 2. The van der Waals surface area contributed by atoms with Crippen LogP contribution in [0.4, 0.5) is 10.3 Å². The van der Waals surface area contributed by atoms with Gasteiger partial charge in [-0.05, 0) is 66.3 Å². The summed E-state index contributed by atoms with van der Waals surface area (Å²) in [5.74, 6) is -0.334. The van der Waals surface area contributed by atoms with Gasteiger partial charge in [0.05, 0.1) is 17.5 Å². The van der Waals surface area contributed by atoms with E-state index in [1.165, 1.54) is 30.5 Å². The van der Waals surface area contributed by atoms with Crippen molar-refractivity contribution < 1.29 is 23.5 Å². The number of nitrogens with two attached hydrogens (primary N) is 1. The number of fused-ring (bicyclic) bond motifs is 1. The Bertz CT molecular complexity index is 1770. The van der Waals surface area contributed by atoms with Gasteiger partial charge in [0.15, 0.2) is 11.6 Å². The van der Waals surface area contributed by atoms with E-state index in [4.69, 9.17) is 15.2 Å². The molecule has 10 heteroatoms. The molecule has 2 heterocycles. The highest BCUT2D eigenvalue weighted by molar-refractivity contribution is 5.95. The fourth-order valence-electron chi connectivity index (χ4n) is 4.63. The molecule has 42 heavy (non-hydrogen) atoms. The number of rotatable bonds is 11. The summed E-state index contributed by atoms with van der Waals surface area (Å²) in [6.07, 6.45) is 3.59. The number of hydrogen-bond donors (Lipinski definition) is 2. The van der Waals surface area contributed by atoms with Gasteiger partial charge in [0.1, 0.15) is 17.9 Å². The van der Waals surface area contributed by atoms with Crippen molar-refractivity contribution in [3.8, 4) is 17.4 Å². The Morgan fingerprint density at radius 2 is 1.83 bits per heavy atom. The highest BCUT2D eigenvalue weighted by Crippen LogP contribution is 2.34. The number of benzene rings is 3. The van der Waals surface area contributed by atoms with Gasteiger partial charge >= 0.3 is 0 Å². The summed E-state index contributed by atoms with van der Waals surface area (Å²) in [5, 5.41) is 2.91. The molecule has 0 unspecified atom stereocenters. The number of carbonyl (C=O) groups excluding carboxylic acids is 2. The van der Waals surface area contributed by atoms with Gasteiger partial charge in [0.25, 0.3) is 5.91 Å². The fourth-order valence-corrected chi connectivity index (χ4v) is 4.63. The lowest BCUT2D eigenvalue weighted by Crippen LogP contribution is -2.18. The van der Waals surface area contributed by atoms with Crippen molar-refractivity contribution in [3.05, 3.63) is 108 Å². The molecule has 1 fully saturated rings. The number of nitrogens with one attached hydrogen (secondary N) is 1. The van der Waals surface area contributed by atoms with Crippen molar-refractivity contribution >= 4 is 28.8 Å². The molecular formula is C32H28FN5O4. The van der Waals surface area contributed by atoms with Gasteiger partial charge in [-0.2, -0.15) is 0 Å². The molecule has 5 aromatic rings. The Kier molecular flexibility index (Phi) is 7.50. The van der Waals surface area contributed by atoms with Gasteiger partial charge in [0, 0.05) is 18.8 Å². The molecule has 1 aliphatic rings. The summed E-state index contributed by atoms with van der Waals surface area (Å²) >= 11 is 0. The van der Waals surface area contributed by atoms with Crippen LogP contribution in [0.5, 0.6) is 17.4 Å². The zero-order chi connectivity index (χ0) is 29.1. The lowest BCUT2D eigenvalue weighted by atomic mass is 10.1. The van der Waals surface area contributed by atoms with E-state index in [9.17, 15) is 14.0 Å². The van der Waals surface area contributed by atoms with Crippen LogP contribution in [0.15, 0.2) is 85.1 Å². The van der Waals surface area contributed by atoms with Crippen LogP contribution >= 0.6 is 0 Å². The number of imidazole rings is 1. The predicted octanol–water partition coefficient (Wildman–Crippen LogP) is 5.63. The molecule has 0 radical (unpaired) electrons. The lowest BCUT2D eigenvalue weighted by molar-refractivity contribution is -0.115. The van der Waals surface area contributed by atoms with Crippen molar-refractivity contribution in [3.63, 3.8) is 0 Å². The molecular weight excluding hydrogens is 537 g/mol. The molecule has 2 aromatic heterocycles. The number of hydrogen-bond acceptors (Lipinski definition) is 6. The second-order valence-electron chi connectivity index (χ2n) is 10.2. The number of anilines is 1. The second-order valence-corrected chi connectivity index (χ2v) is 10.2. The largest absolute Gasteiger partial charge is 0.489 e. The topological polar surface area (TPSA) is 121 Å². The molecule has 0 spiro atoms. The van der Waals surface area contributed by atoms with Crippen LogP contribution in [0.2, 0.25) is 0 Å². The van der Waals surface area contributed by atoms with Gasteiger partial charge < -0.3 is 19.8 Å². The zero-order valence-corrected chi connectivity index (χ0v) is 22.6. The quantitative estimate of drug-likeness (QED) is 0.214. The second kappa shape index (κ2) is 11.7. The molecule has 9 nitrogen and oxygen atoms in total. The highest BCUT2D eigenvalue weighted by Gasteiger charge is 2.25. The molecule has 0 aliphatic heterocycles. The van der Waals surface area contributed by atoms with Crippen LogP contribution < -0.4 is 20.5 Å². The first-order valence-corrected chi connectivity index (χ1v) is 13.6. The average molecular weight is 566 g/mol. The van der Waals surface area contributed by atoms with Gasteiger partial charge in [-0.25, -0.2) is 14.4 Å². The predicted molar refractivity (Wildman–Crippen MR) is 155 cm³/mol. The third-order valence-electron chi connectivity index (χ3n) is 6.96. The fraction of sp³-hybridized carbons (Fsp3) is 0.188. The number of pyridine rings is 1. The minimum atomic E-state index is -0.740. The highest BCUT2D eigenvalue weighted by atomic mass is 19.1. The van der Waals surface area contributed by atoms with Crippen LogP contribution in [-0.4, -0.2) is 26.3 Å². The van der Waals surface area contributed by atoms with Crippen LogP contribution in [0.1, 0.15) is 34.3 Å². The lowest BCUT2D eigenvalue weighted by Gasteiger charge is -2.11. The summed E-state index contributed by atoms with van der Waals surface area (Å²) in [6.45, 7) is 1.18. The normalized spacial score (nSPS) is 12.7. The molecule has 1 saturated carbocycles. The molecule has 1 aliphatic carbocycles. The SMILES string of the molecule is NC(=O)c1cccnc1Oc1ccc(CC(=O)Nc2nc3ccc(OCc4ccccc4)cc3n2CC2CC2)cc1F. The summed E-state index contributed by atoms with van der Waals surface area (Å²) in [4.78, 5) is 33.3. The third-order valence-corrected chi connectivity index (χ3v) is 6.96. The minimum Gasteiger partial charge on any atom is -0.489 e. The van der Waals surface area contributed by atoms with E-state index in [-0.39, 0.29) is 29.5 Å². The molecule has 0 saturated heterocycles. The number of carbonyl (C=O) groups is 2. The summed E-state index contributed by atoms with van der Waals surface area (Å²) in [5.41, 5.74) is 8.51. The molecule has 2 amide bonds. The Balaban J connectivity index is 1.16. The molecule has 0 bridgehead atoms. The van der Waals surface area contributed by atoms with Gasteiger partial charge in [-0.1, -0.05) is 36.4 Å². The van der Waals surface area contributed by atoms with Crippen molar-refractivity contribution in [1.82, 2.24) is 14.5 Å². The van der Waals surface area contributed by atoms with Crippen molar-refractivity contribution in [1.29, 1.82) is 0 Å². The van der Waals surface area contributed by atoms with Gasteiger partial charge in [-0.15, -0.1) is 0 Å². The number of halogens is 1. The van der Waals surface area contributed by atoms with Crippen molar-refractivity contribution in [2.24, 2.45) is 11.7 Å². The average Bonchev–Trinajstić information content (AvgIpc) is 3.75. The van der Waals surface area contributed by atoms with Gasteiger partial charge in [0.2, 0.25) is 17.7 Å². The number of amides is 2. The number of primary amides is 1. The van der Waals surface area contributed by atoms with E-state index in [0.717, 1.165) is 36.0 Å². The molecule has 6 rings (SSSR count). The minimum absolute atomic E-state index is 0.0318. The Morgan fingerprint density at radius 3 is 2.60 bits per heavy atom. The van der Waals surface area contributed by atoms with E-state index >= 15 is 0 Å². The van der Waals surface area contributed by atoms with Crippen molar-refractivity contribution in [2.45, 2.75) is 32.4 Å². The van der Waals surface area contributed by atoms with Crippen LogP contribution in [0, 0.1) is 11.7 Å². The van der Waals surface area contributed by atoms with E-state index in [1.807, 2.05) is 53.1 Å². The summed E-state index contributed by atoms with van der Waals surface area (Å²) < 4.78 is 28.4. The first-order valence-electron chi connectivity index (χ1n) is 13.6. The monoisotopic (exact) mass is 565 g/mol. The van der Waals surface area contributed by atoms with E-state index in [1.54, 1.807) is 6.07 Å². The molecule has 3 aromatic carbocycles. The number of aromatic nitrogens is 3. The smallest absolute Gasteiger partial charge is 0.254 e. The third kappa shape index (κ3) is 6.22. The summed E-state index contributed by atoms with van der Waals surface area (Å²) in [6, 6.07) is 22.8. The Hall–Kier alpha value is -5.25. The van der Waals surface area contributed by atoms with E-state index in [2.05, 4.69) is 15.3 Å². The Morgan fingerprint density at radius 1 is 1.00 bits per heavy atom. The Labute approximate surface area is 241 Å². The van der Waals surface area contributed by atoms with E-state index in [0.29, 0.717) is 29.8 Å². The van der Waals surface area contributed by atoms with Crippen LogP contribution in [0.25, 0.3) is 11.0 Å². The van der Waals surface area contributed by atoms with Crippen LogP contribution in [0.3, 0.4) is 0 Å².